The Morgan fingerprint density at radius 2 is 1.95 bits per heavy atom. The molecule has 0 saturated heterocycles. The maximum Gasteiger partial charge on any atom is 0.239 e. The molecule has 3 N–H and O–H groups in total. The van der Waals surface area contributed by atoms with Crippen LogP contribution in [0.1, 0.15) is 31.0 Å². The highest BCUT2D eigenvalue weighted by Crippen LogP contribution is 2.16. The van der Waals surface area contributed by atoms with Gasteiger partial charge in [0.05, 0.1) is 0 Å². The molecular formula is C15H25N3O. The zero-order valence-corrected chi connectivity index (χ0v) is 12.1. The van der Waals surface area contributed by atoms with Gasteiger partial charge < -0.3 is 16.0 Å². The first kappa shape index (κ1) is 15.7. The second-order valence-corrected chi connectivity index (χ2v) is 4.67. The van der Waals surface area contributed by atoms with Crippen LogP contribution in [0.25, 0.3) is 0 Å². The van der Waals surface area contributed by atoms with Crippen LogP contribution in [0.3, 0.4) is 0 Å². The Morgan fingerprint density at radius 3 is 2.47 bits per heavy atom. The average molecular weight is 263 g/mol. The summed E-state index contributed by atoms with van der Waals surface area (Å²) in [6.07, 6.45) is 0. The highest BCUT2D eigenvalue weighted by molar-refractivity contribution is 5.81. The average Bonchev–Trinajstić information content (AvgIpc) is 2.40. The van der Waals surface area contributed by atoms with Crippen molar-refractivity contribution in [3.63, 3.8) is 0 Å². The van der Waals surface area contributed by atoms with Gasteiger partial charge in [0.2, 0.25) is 5.91 Å². The van der Waals surface area contributed by atoms with Gasteiger partial charge in [-0.05, 0) is 31.1 Å². The van der Waals surface area contributed by atoms with Gasteiger partial charge in [0.15, 0.2) is 0 Å². The number of rotatable bonds is 8. The molecule has 0 aromatic heterocycles. The number of carbonyl (C=O) groups is 1. The van der Waals surface area contributed by atoms with Crippen molar-refractivity contribution >= 4 is 5.91 Å². The van der Waals surface area contributed by atoms with Crippen LogP contribution in [-0.2, 0) is 4.79 Å². The molecule has 1 amide bonds. The number of hydrogen-bond acceptors (Lipinski definition) is 3. The Morgan fingerprint density at radius 1 is 1.32 bits per heavy atom. The van der Waals surface area contributed by atoms with E-state index in [1.165, 1.54) is 0 Å². The number of nitrogens with one attached hydrogen (secondary N) is 1. The lowest BCUT2D eigenvalue weighted by atomic mass is 10.0. The molecule has 106 valence electrons. The molecule has 0 heterocycles. The van der Waals surface area contributed by atoms with Crippen LogP contribution in [0.4, 0.5) is 0 Å². The molecule has 0 saturated carbocycles. The minimum Gasteiger partial charge on any atom is -0.368 e. The second-order valence-electron chi connectivity index (χ2n) is 4.67. The second kappa shape index (κ2) is 7.92. The number of primary amides is 1. The molecule has 4 nitrogen and oxygen atoms in total. The third-order valence-corrected chi connectivity index (χ3v) is 3.45. The lowest BCUT2D eigenvalue weighted by molar-refractivity contribution is -0.120. The zero-order chi connectivity index (χ0) is 14.3. The highest BCUT2D eigenvalue weighted by Gasteiger charge is 2.18. The number of amides is 1. The van der Waals surface area contributed by atoms with Gasteiger partial charge in [-0.15, -0.1) is 0 Å². The molecule has 0 aliphatic heterocycles. The molecule has 1 aromatic carbocycles. The summed E-state index contributed by atoms with van der Waals surface area (Å²) in [4.78, 5) is 13.9. The summed E-state index contributed by atoms with van der Waals surface area (Å²) in [6, 6.07) is 7.45. The Hall–Kier alpha value is -1.39. The van der Waals surface area contributed by atoms with Crippen LogP contribution >= 0.6 is 0 Å². The van der Waals surface area contributed by atoms with E-state index in [1.54, 1.807) is 0 Å². The summed E-state index contributed by atoms with van der Waals surface area (Å²) in [6.45, 7) is 9.98. The van der Waals surface area contributed by atoms with E-state index in [0.29, 0.717) is 0 Å². The number of aryl methyl sites for hydroxylation is 1. The third kappa shape index (κ3) is 4.65. The molecule has 0 aliphatic rings. The molecule has 0 aliphatic carbocycles. The van der Waals surface area contributed by atoms with Crippen LogP contribution in [0.5, 0.6) is 0 Å². The van der Waals surface area contributed by atoms with Gasteiger partial charge in [-0.2, -0.15) is 0 Å². The SMILES string of the molecule is CCN(CC)CCNC(C(N)=O)c1ccccc1C. The van der Waals surface area contributed by atoms with Crippen molar-refractivity contribution in [2.24, 2.45) is 5.73 Å². The largest absolute Gasteiger partial charge is 0.368 e. The van der Waals surface area contributed by atoms with Gasteiger partial charge in [-0.25, -0.2) is 0 Å². The molecule has 19 heavy (non-hydrogen) atoms. The third-order valence-electron chi connectivity index (χ3n) is 3.45. The molecule has 1 aromatic rings. The van der Waals surface area contributed by atoms with Crippen molar-refractivity contribution in [1.82, 2.24) is 10.2 Å². The van der Waals surface area contributed by atoms with E-state index >= 15 is 0 Å². The highest BCUT2D eigenvalue weighted by atomic mass is 16.1. The number of hydrogen-bond donors (Lipinski definition) is 2. The Kier molecular flexibility index (Phi) is 6.53. The first-order valence-electron chi connectivity index (χ1n) is 6.90. The van der Waals surface area contributed by atoms with Crippen LogP contribution in [-0.4, -0.2) is 37.0 Å². The summed E-state index contributed by atoms with van der Waals surface area (Å²) < 4.78 is 0. The zero-order valence-electron chi connectivity index (χ0n) is 12.1. The topological polar surface area (TPSA) is 58.4 Å². The Labute approximate surface area is 116 Å². The minimum atomic E-state index is -0.406. The summed E-state index contributed by atoms with van der Waals surface area (Å²) in [7, 11) is 0. The van der Waals surface area contributed by atoms with Crippen molar-refractivity contribution in [1.29, 1.82) is 0 Å². The smallest absolute Gasteiger partial charge is 0.239 e. The van der Waals surface area contributed by atoms with Crippen molar-refractivity contribution in [2.75, 3.05) is 26.2 Å². The van der Waals surface area contributed by atoms with E-state index in [9.17, 15) is 4.79 Å². The lowest BCUT2D eigenvalue weighted by Crippen LogP contribution is -2.39. The maximum atomic E-state index is 11.6. The van der Waals surface area contributed by atoms with Gasteiger partial charge in [0.1, 0.15) is 6.04 Å². The van der Waals surface area contributed by atoms with E-state index < -0.39 is 6.04 Å². The van der Waals surface area contributed by atoms with Crippen LogP contribution in [0.2, 0.25) is 0 Å². The van der Waals surface area contributed by atoms with E-state index in [4.69, 9.17) is 5.73 Å². The molecule has 0 fully saturated rings. The van der Waals surface area contributed by atoms with Crippen molar-refractivity contribution in [2.45, 2.75) is 26.8 Å². The van der Waals surface area contributed by atoms with Gasteiger partial charge >= 0.3 is 0 Å². The summed E-state index contributed by atoms with van der Waals surface area (Å²) in [5.41, 5.74) is 7.56. The fourth-order valence-corrected chi connectivity index (χ4v) is 2.18. The molecule has 4 heteroatoms. The predicted molar refractivity (Wildman–Crippen MR) is 78.9 cm³/mol. The van der Waals surface area contributed by atoms with E-state index in [1.807, 2.05) is 31.2 Å². The van der Waals surface area contributed by atoms with Gasteiger partial charge in [0.25, 0.3) is 0 Å². The Balaban J connectivity index is 2.65. The van der Waals surface area contributed by atoms with Crippen molar-refractivity contribution in [3.8, 4) is 0 Å². The molecule has 0 radical (unpaired) electrons. The fraction of sp³-hybridized carbons (Fsp3) is 0.533. The van der Waals surface area contributed by atoms with Gasteiger partial charge in [-0.3, -0.25) is 4.79 Å². The summed E-state index contributed by atoms with van der Waals surface area (Å²) in [5.74, 6) is -0.325. The quantitative estimate of drug-likeness (QED) is 0.746. The summed E-state index contributed by atoms with van der Waals surface area (Å²) in [5, 5.41) is 3.26. The van der Waals surface area contributed by atoms with Gasteiger partial charge in [0, 0.05) is 13.1 Å². The minimum absolute atomic E-state index is 0.325. The first-order chi connectivity index (χ1) is 9.10. The lowest BCUT2D eigenvalue weighted by Gasteiger charge is -2.22. The maximum absolute atomic E-state index is 11.6. The molecule has 1 rings (SSSR count). The molecule has 0 spiro atoms. The molecule has 1 unspecified atom stereocenters. The molecule has 0 bridgehead atoms. The van der Waals surface area contributed by atoms with Crippen molar-refractivity contribution in [3.05, 3.63) is 35.4 Å². The first-order valence-corrected chi connectivity index (χ1v) is 6.90. The Bertz CT molecular complexity index is 402. The van der Waals surface area contributed by atoms with Crippen LogP contribution in [0, 0.1) is 6.92 Å². The number of likely N-dealkylation sites (N-methyl/N-ethyl adjacent to an activating group) is 1. The van der Waals surface area contributed by atoms with E-state index in [0.717, 1.165) is 37.3 Å². The predicted octanol–water partition coefficient (Wildman–Crippen LogP) is 1.45. The van der Waals surface area contributed by atoms with Crippen molar-refractivity contribution < 1.29 is 4.79 Å². The summed E-state index contributed by atoms with van der Waals surface area (Å²) >= 11 is 0. The number of nitrogens with two attached hydrogens (primary N) is 1. The number of carbonyl (C=O) groups excluding carboxylic acids is 1. The monoisotopic (exact) mass is 263 g/mol. The fourth-order valence-electron chi connectivity index (χ4n) is 2.18. The van der Waals surface area contributed by atoms with Gasteiger partial charge in [-0.1, -0.05) is 38.1 Å². The van der Waals surface area contributed by atoms with Crippen LogP contribution in [0.15, 0.2) is 24.3 Å². The van der Waals surface area contributed by atoms with E-state index in [2.05, 4.69) is 24.1 Å². The number of benzene rings is 1. The molecular weight excluding hydrogens is 238 g/mol. The molecule has 1 atom stereocenters. The van der Waals surface area contributed by atoms with Crippen LogP contribution < -0.4 is 11.1 Å². The standard InChI is InChI=1S/C15H25N3O/c1-4-18(5-2)11-10-17-14(15(16)19)13-9-7-6-8-12(13)3/h6-9,14,17H,4-5,10-11H2,1-3H3,(H2,16,19). The van der Waals surface area contributed by atoms with E-state index in [-0.39, 0.29) is 5.91 Å². The normalized spacial score (nSPS) is 12.6. The number of nitrogens with zero attached hydrogens (tertiary/aromatic N) is 1.